The largest absolute Gasteiger partial charge is 0.460 e. The van der Waals surface area contributed by atoms with Crippen molar-refractivity contribution in [3.05, 3.63) is 0 Å². The summed E-state index contributed by atoms with van der Waals surface area (Å²) >= 11 is 0. The van der Waals surface area contributed by atoms with Crippen LogP contribution in [-0.2, 0) is 9.53 Å². The summed E-state index contributed by atoms with van der Waals surface area (Å²) in [5.74, 6) is -0.187. The summed E-state index contributed by atoms with van der Waals surface area (Å²) in [6.07, 6.45) is 1.40. The van der Waals surface area contributed by atoms with Crippen molar-refractivity contribution in [3.63, 3.8) is 0 Å². The minimum absolute atomic E-state index is 0.187. The van der Waals surface area contributed by atoms with E-state index in [0.717, 1.165) is 0 Å². The van der Waals surface area contributed by atoms with E-state index in [1.807, 2.05) is 20.8 Å². The summed E-state index contributed by atoms with van der Waals surface area (Å²) in [5, 5.41) is 8.95. The van der Waals surface area contributed by atoms with E-state index in [1.165, 1.54) is 0 Å². The molecule has 0 aliphatic carbocycles. The van der Waals surface area contributed by atoms with Gasteiger partial charge in [0.05, 0.1) is 6.10 Å². The zero-order valence-electron chi connectivity index (χ0n) is 8.96. The van der Waals surface area contributed by atoms with Gasteiger partial charge in [-0.15, -0.1) is 0 Å². The molecule has 0 rings (SSSR count). The Morgan fingerprint density at radius 2 is 2.00 bits per heavy atom. The predicted molar refractivity (Wildman–Crippen MR) is 51.4 cm³/mol. The molecular formula is C10H20O3. The second kappa shape index (κ2) is 5.22. The van der Waals surface area contributed by atoms with Crippen molar-refractivity contribution in [1.29, 1.82) is 0 Å². The van der Waals surface area contributed by atoms with Crippen LogP contribution >= 0.6 is 0 Å². The lowest BCUT2D eigenvalue weighted by Gasteiger charge is -2.19. The van der Waals surface area contributed by atoms with Gasteiger partial charge in [0.2, 0.25) is 0 Å². The molecule has 78 valence electrons. The van der Waals surface area contributed by atoms with Gasteiger partial charge in [0.1, 0.15) is 5.60 Å². The van der Waals surface area contributed by atoms with E-state index in [9.17, 15) is 4.79 Å². The van der Waals surface area contributed by atoms with Gasteiger partial charge in [-0.2, -0.15) is 0 Å². The lowest BCUT2D eigenvalue weighted by molar-refractivity contribution is -0.155. The first kappa shape index (κ1) is 12.4. The van der Waals surface area contributed by atoms with Crippen LogP contribution in [0.4, 0.5) is 0 Å². The maximum absolute atomic E-state index is 11.1. The average Bonchev–Trinajstić information content (AvgIpc) is 1.81. The zero-order chi connectivity index (χ0) is 10.5. The van der Waals surface area contributed by atoms with Crippen LogP contribution in [0.1, 0.15) is 47.0 Å². The highest BCUT2D eigenvalue weighted by atomic mass is 16.6. The van der Waals surface area contributed by atoms with Crippen molar-refractivity contribution < 1.29 is 14.6 Å². The van der Waals surface area contributed by atoms with Gasteiger partial charge < -0.3 is 9.84 Å². The predicted octanol–water partition coefficient (Wildman–Crippen LogP) is 1.88. The number of aliphatic hydroxyl groups is 1. The number of esters is 1. The standard InChI is InChI=1S/C10H20O3/c1-8(11)6-5-7-9(12)13-10(2,3)4/h8,11H,5-7H2,1-4H3/t8-/m0/s1. The average molecular weight is 188 g/mol. The van der Waals surface area contributed by atoms with Crippen LogP contribution in [0, 0.1) is 0 Å². The van der Waals surface area contributed by atoms with Crippen LogP contribution in [0.15, 0.2) is 0 Å². The second-order valence-electron chi connectivity index (χ2n) is 4.33. The van der Waals surface area contributed by atoms with Crippen molar-refractivity contribution in [1.82, 2.24) is 0 Å². The summed E-state index contributed by atoms with van der Waals surface area (Å²) in [4.78, 5) is 11.1. The zero-order valence-corrected chi connectivity index (χ0v) is 8.96. The Hall–Kier alpha value is -0.570. The molecule has 0 amide bonds. The first-order chi connectivity index (χ1) is 5.81. The first-order valence-corrected chi connectivity index (χ1v) is 4.71. The molecule has 0 unspecified atom stereocenters. The van der Waals surface area contributed by atoms with Crippen LogP contribution in [0.25, 0.3) is 0 Å². The molecule has 0 aliphatic rings. The van der Waals surface area contributed by atoms with Crippen LogP contribution < -0.4 is 0 Å². The molecule has 13 heavy (non-hydrogen) atoms. The van der Waals surface area contributed by atoms with Crippen LogP contribution in [0.3, 0.4) is 0 Å². The molecule has 0 saturated carbocycles. The van der Waals surface area contributed by atoms with E-state index in [1.54, 1.807) is 6.92 Å². The number of hydrogen-bond donors (Lipinski definition) is 1. The molecule has 0 aliphatic heterocycles. The quantitative estimate of drug-likeness (QED) is 0.685. The van der Waals surface area contributed by atoms with Gasteiger partial charge in [-0.05, 0) is 40.5 Å². The third-order valence-corrected chi connectivity index (χ3v) is 1.42. The van der Waals surface area contributed by atoms with Crippen LogP contribution in [0.5, 0.6) is 0 Å². The molecule has 0 saturated heterocycles. The maximum atomic E-state index is 11.1. The second-order valence-corrected chi connectivity index (χ2v) is 4.33. The van der Waals surface area contributed by atoms with Crippen molar-refractivity contribution >= 4 is 5.97 Å². The Morgan fingerprint density at radius 3 is 2.38 bits per heavy atom. The molecule has 3 heteroatoms. The monoisotopic (exact) mass is 188 g/mol. The molecule has 0 aromatic carbocycles. The van der Waals surface area contributed by atoms with E-state index >= 15 is 0 Å². The Balaban J connectivity index is 3.53. The number of aliphatic hydroxyl groups excluding tert-OH is 1. The van der Waals surface area contributed by atoms with Gasteiger partial charge in [0, 0.05) is 6.42 Å². The summed E-state index contributed by atoms with van der Waals surface area (Å²) in [7, 11) is 0. The minimum Gasteiger partial charge on any atom is -0.460 e. The molecule has 1 atom stereocenters. The Labute approximate surface area is 80.1 Å². The fourth-order valence-corrected chi connectivity index (χ4v) is 0.934. The van der Waals surface area contributed by atoms with E-state index in [2.05, 4.69) is 0 Å². The molecular weight excluding hydrogens is 168 g/mol. The lowest BCUT2D eigenvalue weighted by Crippen LogP contribution is -2.23. The van der Waals surface area contributed by atoms with Crippen molar-refractivity contribution in [3.8, 4) is 0 Å². The fraction of sp³-hybridized carbons (Fsp3) is 0.900. The molecule has 0 aromatic heterocycles. The summed E-state index contributed by atoms with van der Waals surface area (Å²) in [5.41, 5.74) is -0.401. The van der Waals surface area contributed by atoms with Crippen LogP contribution in [0.2, 0.25) is 0 Å². The summed E-state index contributed by atoms with van der Waals surface area (Å²) in [6.45, 7) is 7.26. The van der Waals surface area contributed by atoms with Gasteiger partial charge in [-0.25, -0.2) is 0 Å². The van der Waals surface area contributed by atoms with Gasteiger partial charge in [-0.3, -0.25) is 4.79 Å². The third kappa shape index (κ3) is 9.34. The van der Waals surface area contributed by atoms with Crippen molar-refractivity contribution in [2.45, 2.75) is 58.7 Å². The smallest absolute Gasteiger partial charge is 0.306 e. The van der Waals surface area contributed by atoms with Crippen molar-refractivity contribution in [2.24, 2.45) is 0 Å². The Kier molecular flexibility index (Phi) is 4.99. The van der Waals surface area contributed by atoms with Gasteiger partial charge >= 0.3 is 5.97 Å². The molecule has 0 spiro atoms. The highest BCUT2D eigenvalue weighted by molar-refractivity contribution is 5.69. The molecule has 0 radical (unpaired) electrons. The number of hydrogen-bond acceptors (Lipinski definition) is 3. The normalized spacial score (nSPS) is 13.9. The highest BCUT2D eigenvalue weighted by Crippen LogP contribution is 2.10. The number of carbonyl (C=O) groups excluding carboxylic acids is 1. The molecule has 3 nitrogen and oxygen atoms in total. The Morgan fingerprint density at radius 1 is 1.46 bits per heavy atom. The molecule has 0 fully saturated rings. The highest BCUT2D eigenvalue weighted by Gasteiger charge is 2.15. The molecule has 0 heterocycles. The lowest BCUT2D eigenvalue weighted by atomic mass is 10.1. The van der Waals surface area contributed by atoms with E-state index in [0.29, 0.717) is 19.3 Å². The van der Waals surface area contributed by atoms with Crippen molar-refractivity contribution in [2.75, 3.05) is 0 Å². The SMILES string of the molecule is C[C@H](O)CCCC(=O)OC(C)(C)C. The van der Waals surface area contributed by atoms with Gasteiger partial charge in [0.15, 0.2) is 0 Å². The van der Waals surface area contributed by atoms with Gasteiger partial charge in [-0.1, -0.05) is 0 Å². The topological polar surface area (TPSA) is 46.5 Å². The number of ether oxygens (including phenoxy) is 1. The van der Waals surface area contributed by atoms with E-state index in [4.69, 9.17) is 9.84 Å². The molecule has 0 bridgehead atoms. The maximum Gasteiger partial charge on any atom is 0.306 e. The van der Waals surface area contributed by atoms with Gasteiger partial charge in [0.25, 0.3) is 0 Å². The first-order valence-electron chi connectivity index (χ1n) is 4.71. The van der Waals surface area contributed by atoms with E-state index in [-0.39, 0.29) is 12.1 Å². The molecule has 1 N–H and O–H groups in total. The third-order valence-electron chi connectivity index (χ3n) is 1.42. The fourth-order valence-electron chi connectivity index (χ4n) is 0.934. The Bertz CT molecular complexity index is 156. The molecule has 0 aromatic rings. The number of rotatable bonds is 4. The van der Waals surface area contributed by atoms with E-state index < -0.39 is 5.60 Å². The summed E-state index contributed by atoms with van der Waals surface area (Å²) in [6, 6.07) is 0. The summed E-state index contributed by atoms with van der Waals surface area (Å²) < 4.78 is 5.10. The number of carbonyl (C=O) groups is 1. The minimum atomic E-state index is -0.401. The van der Waals surface area contributed by atoms with Crippen LogP contribution in [-0.4, -0.2) is 22.8 Å².